The van der Waals surface area contributed by atoms with Crippen molar-refractivity contribution in [1.82, 2.24) is 0 Å². The Bertz CT molecular complexity index is 1430. The second-order valence-corrected chi connectivity index (χ2v) is 13.4. The minimum absolute atomic E-state index is 0.0330. The summed E-state index contributed by atoms with van der Waals surface area (Å²) in [4.78, 5) is 49.9. The van der Waals surface area contributed by atoms with E-state index in [4.69, 9.17) is 0 Å². The van der Waals surface area contributed by atoms with Crippen LogP contribution in [0.2, 0.25) is 0 Å². The third kappa shape index (κ3) is 7.50. The standard InChI is InChI=1S/C36H43F3O6/c1-4-31(40)29-19-25(13-15-27(29)33(42)43)35(3,36(37,38)39)26-14-16-28(34(44)45)30(20-26)32(41)18-24-11-9-23(10-12-24)17-22-7-5-21(2)6-8-22/h13-16,19-24H,4-12,17-18H2,1-3H3,(H,42,43)(H,44,45). The lowest BCUT2D eigenvalue weighted by Gasteiger charge is -2.34. The van der Waals surface area contributed by atoms with Gasteiger partial charge >= 0.3 is 18.1 Å². The van der Waals surface area contributed by atoms with Crippen LogP contribution in [0.3, 0.4) is 0 Å². The summed E-state index contributed by atoms with van der Waals surface area (Å²) in [5.41, 5.74) is -4.91. The molecule has 4 rings (SSSR count). The van der Waals surface area contributed by atoms with Crippen molar-refractivity contribution >= 4 is 23.5 Å². The van der Waals surface area contributed by atoms with Crippen LogP contribution in [0.1, 0.15) is 144 Å². The van der Waals surface area contributed by atoms with Gasteiger partial charge in [-0.3, -0.25) is 9.59 Å². The number of benzene rings is 2. The summed E-state index contributed by atoms with van der Waals surface area (Å²) in [6.45, 7) is 4.68. The average molecular weight is 629 g/mol. The SMILES string of the molecule is CCC(=O)c1cc(C(C)(c2ccc(C(=O)O)c(C(=O)CC3CCC(CC4CCC(C)CC4)CC3)c2)C(F)(F)F)ccc1C(=O)O. The maximum Gasteiger partial charge on any atom is 0.402 e. The van der Waals surface area contributed by atoms with E-state index in [1.807, 2.05) is 0 Å². The maximum atomic E-state index is 14.9. The highest BCUT2D eigenvalue weighted by Crippen LogP contribution is 2.47. The highest BCUT2D eigenvalue weighted by molar-refractivity contribution is 6.07. The van der Waals surface area contributed by atoms with Crippen molar-refractivity contribution in [3.8, 4) is 0 Å². The molecule has 0 aromatic heterocycles. The quantitative estimate of drug-likeness (QED) is 0.240. The molecule has 2 aliphatic rings. The van der Waals surface area contributed by atoms with Crippen LogP contribution in [0.5, 0.6) is 0 Å². The van der Waals surface area contributed by atoms with Crippen LogP contribution in [-0.2, 0) is 5.41 Å². The molecule has 2 aromatic rings. The molecule has 1 unspecified atom stereocenters. The van der Waals surface area contributed by atoms with E-state index >= 15 is 0 Å². The third-order valence-corrected chi connectivity index (χ3v) is 10.4. The van der Waals surface area contributed by atoms with E-state index in [9.17, 15) is 42.6 Å². The van der Waals surface area contributed by atoms with Crippen LogP contribution in [-0.4, -0.2) is 39.9 Å². The minimum Gasteiger partial charge on any atom is -0.478 e. The van der Waals surface area contributed by atoms with Crippen molar-refractivity contribution < 1.29 is 42.6 Å². The van der Waals surface area contributed by atoms with Gasteiger partial charge in [-0.05, 0) is 85.3 Å². The van der Waals surface area contributed by atoms with Crippen molar-refractivity contribution in [2.45, 2.75) is 103 Å². The summed E-state index contributed by atoms with van der Waals surface area (Å²) in [7, 11) is 0. The Morgan fingerprint density at radius 2 is 1.11 bits per heavy atom. The Hall–Kier alpha value is -3.49. The fourth-order valence-electron chi connectivity index (χ4n) is 7.31. The van der Waals surface area contributed by atoms with E-state index in [-0.39, 0.29) is 46.6 Å². The first-order chi connectivity index (χ1) is 21.1. The Labute approximate surface area is 262 Å². The molecule has 2 aromatic carbocycles. The number of hydrogen-bond acceptors (Lipinski definition) is 4. The lowest BCUT2D eigenvalue weighted by molar-refractivity contribution is -0.173. The molecule has 0 bridgehead atoms. The number of aromatic carboxylic acids is 2. The molecule has 244 valence electrons. The molecule has 0 radical (unpaired) electrons. The normalized spacial score (nSPS) is 23.6. The Morgan fingerprint density at radius 3 is 1.53 bits per heavy atom. The van der Waals surface area contributed by atoms with E-state index < -0.39 is 40.7 Å². The van der Waals surface area contributed by atoms with Crippen LogP contribution in [0, 0.1) is 23.7 Å². The van der Waals surface area contributed by atoms with Gasteiger partial charge in [0, 0.05) is 24.0 Å². The molecular formula is C36H43F3O6. The number of Topliss-reactive ketones (excluding diaryl/α,β-unsaturated/α-hetero) is 2. The molecule has 6 nitrogen and oxygen atoms in total. The highest BCUT2D eigenvalue weighted by atomic mass is 19.4. The largest absolute Gasteiger partial charge is 0.478 e. The van der Waals surface area contributed by atoms with Crippen molar-refractivity contribution in [3.63, 3.8) is 0 Å². The number of hydrogen-bond donors (Lipinski definition) is 2. The smallest absolute Gasteiger partial charge is 0.402 e. The van der Waals surface area contributed by atoms with Gasteiger partial charge in [0.1, 0.15) is 5.41 Å². The second-order valence-electron chi connectivity index (χ2n) is 13.4. The molecule has 0 aliphatic heterocycles. The zero-order valence-electron chi connectivity index (χ0n) is 26.2. The predicted octanol–water partition coefficient (Wildman–Crippen LogP) is 9.14. The molecule has 9 heteroatoms. The molecule has 2 fully saturated rings. The first kappa shape index (κ1) is 34.4. The second kappa shape index (κ2) is 13.9. The molecular weight excluding hydrogens is 585 g/mol. The van der Waals surface area contributed by atoms with Gasteiger partial charge in [0.05, 0.1) is 11.1 Å². The fraction of sp³-hybridized carbons (Fsp3) is 0.556. The molecule has 0 spiro atoms. The summed E-state index contributed by atoms with van der Waals surface area (Å²) in [6, 6.07) is 6.02. The van der Waals surface area contributed by atoms with E-state index in [1.54, 1.807) is 0 Å². The number of rotatable bonds is 11. The molecule has 45 heavy (non-hydrogen) atoms. The highest BCUT2D eigenvalue weighted by Gasteiger charge is 2.54. The fourth-order valence-corrected chi connectivity index (χ4v) is 7.31. The number of ketones is 2. The van der Waals surface area contributed by atoms with Gasteiger partial charge in [-0.25, -0.2) is 9.59 Å². The third-order valence-electron chi connectivity index (χ3n) is 10.4. The van der Waals surface area contributed by atoms with Crippen LogP contribution in [0.25, 0.3) is 0 Å². The van der Waals surface area contributed by atoms with Gasteiger partial charge in [-0.1, -0.05) is 64.5 Å². The Balaban J connectivity index is 1.61. The average Bonchev–Trinajstić information content (AvgIpc) is 3.01. The summed E-state index contributed by atoms with van der Waals surface area (Å²) in [5.74, 6) is -1.79. The van der Waals surface area contributed by atoms with Gasteiger partial charge in [0.15, 0.2) is 11.6 Å². The summed E-state index contributed by atoms with van der Waals surface area (Å²) >= 11 is 0. The minimum atomic E-state index is -4.94. The van der Waals surface area contributed by atoms with Gasteiger partial charge in [-0.15, -0.1) is 0 Å². The molecule has 0 amide bonds. The van der Waals surface area contributed by atoms with Crippen molar-refractivity contribution in [3.05, 3.63) is 69.8 Å². The molecule has 0 saturated heterocycles. The molecule has 2 aliphatic carbocycles. The Kier molecular flexibility index (Phi) is 10.6. The molecule has 2 N–H and O–H groups in total. The summed E-state index contributed by atoms with van der Waals surface area (Å²) in [5, 5.41) is 19.4. The van der Waals surface area contributed by atoms with Gasteiger partial charge in [-0.2, -0.15) is 13.2 Å². The predicted molar refractivity (Wildman–Crippen MR) is 164 cm³/mol. The van der Waals surface area contributed by atoms with Crippen molar-refractivity contribution in [1.29, 1.82) is 0 Å². The van der Waals surface area contributed by atoms with Crippen LogP contribution < -0.4 is 0 Å². The van der Waals surface area contributed by atoms with E-state index in [2.05, 4.69) is 6.92 Å². The van der Waals surface area contributed by atoms with Crippen LogP contribution in [0.4, 0.5) is 13.2 Å². The van der Waals surface area contributed by atoms with E-state index in [0.717, 1.165) is 80.8 Å². The van der Waals surface area contributed by atoms with Crippen LogP contribution >= 0.6 is 0 Å². The zero-order chi connectivity index (χ0) is 33.1. The number of carbonyl (C=O) groups excluding carboxylic acids is 2. The molecule has 2 saturated carbocycles. The van der Waals surface area contributed by atoms with Crippen LogP contribution in [0.15, 0.2) is 36.4 Å². The monoisotopic (exact) mass is 628 g/mol. The van der Waals surface area contributed by atoms with E-state index in [0.29, 0.717) is 5.92 Å². The molecule has 1 atom stereocenters. The van der Waals surface area contributed by atoms with E-state index in [1.165, 1.54) is 39.0 Å². The lowest BCUT2D eigenvalue weighted by Crippen LogP contribution is -2.41. The van der Waals surface area contributed by atoms with Gasteiger partial charge in [0.25, 0.3) is 0 Å². The summed E-state index contributed by atoms with van der Waals surface area (Å²) < 4.78 is 44.8. The Morgan fingerprint density at radius 1 is 0.689 bits per heavy atom. The molecule has 0 heterocycles. The van der Waals surface area contributed by atoms with Gasteiger partial charge < -0.3 is 10.2 Å². The number of carboxylic acids is 2. The zero-order valence-corrected chi connectivity index (χ0v) is 26.2. The topological polar surface area (TPSA) is 109 Å². The number of carboxylic acid groups (broad SMARTS) is 2. The van der Waals surface area contributed by atoms with Crippen molar-refractivity contribution in [2.75, 3.05) is 0 Å². The number of carbonyl (C=O) groups is 4. The number of alkyl halides is 3. The lowest BCUT2D eigenvalue weighted by atomic mass is 9.72. The summed E-state index contributed by atoms with van der Waals surface area (Å²) in [6.07, 6.45) is 4.94. The maximum absolute atomic E-state index is 14.9. The van der Waals surface area contributed by atoms with Gasteiger partial charge in [0.2, 0.25) is 0 Å². The number of halogens is 3. The van der Waals surface area contributed by atoms with Crippen molar-refractivity contribution in [2.24, 2.45) is 23.7 Å². The first-order valence-corrected chi connectivity index (χ1v) is 16.0. The first-order valence-electron chi connectivity index (χ1n) is 16.0.